The Labute approximate surface area is 128 Å². The van der Waals surface area contributed by atoms with Gasteiger partial charge in [0.15, 0.2) is 0 Å². The van der Waals surface area contributed by atoms with Crippen molar-refractivity contribution in [3.05, 3.63) is 30.3 Å². The van der Waals surface area contributed by atoms with Crippen LogP contribution in [0.1, 0.15) is 19.8 Å². The number of hydrogen-bond donors (Lipinski definition) is 2. The van der Waals surface area contributed by atoms with Gasteiger partial charge in [0.1, 0.15) is 6.04 Å². The van der Waals surface area contributed by atoms with Crippen molar-refractivity contribution < 1.29 is 9.53 Å². The predicted molar refractivity (Wildman–Crippen MR) is 85.6 cm³/mol. The number of aromatic nitrogens is 1. The SMILES string of the molecule is CCOC(=O)C(CSc1cc2ccccc2[nH]1)NC1CC1. The maximum absolute atomic E-state index is 12.0. The fraction of sp³-hybridized carbons (Fsp3) is 0.438. The van der Waals surface area contributed by atoms with E-state index in [0.29, 0.717) is 18.4 Å². The second-order valence-corrected chi connectivity index (χ2v) is 6.34. The molecule has 0 amide bonds. The van der Waals surface area contributed by atoms with Gasteiger partial charge in [0.25, 0.3) is 0 Å². The van der Waals surface area contributed by atoms with E-state index >= 15 is 0 Å². The molecular formula is C16H20N2O2S. The number of para-hydroxylation sites is 1. The number of thioether (sulfide) groups is 1. The van der Waals surface area contributed by atoms with E-state index in [1.165, 1.54) is 5.39 Å². The molecule has 112 valence electrons. The molecule has 0 bridgehead atoms. The van der Waals surface area contributed by atoms with Gasteiger partial charge < -0.3 is 15.0 Å². The van der Waals surface area contributed by atoms with Crippen molar-refractivity contribution >= 4 is 28.6 Å². The molecule has 3 rings (SSSR count). The summed E-state index contributed by atoms with van der Waals surface area (Å²) in [4.78, 5) is 15.4. The van der Waals surface area contributed by atoms with E-state index in [4.69, 9.17) is 4.74 Å². The summed E-state index contributed by atoms with van der Waals surface area (Å²) < 4.78 is 5.16. The molecule has 1 aromatic heterocycles. The molecule has 0 aliphatic heterocycles. The van der Waals surface area contributed by atoms with Crippen molar-refractivity contribution in [1.29, 1.82) is 0 Å². The first-order valence-electron chi connectivity index (χ1n) is 7.39. The third kappa shape index (κ3) is 3.80. The molecule has 1 fully saturated rings. The lowest BCUT2D eigenvalue weighted by Crippen LogP contribution is -2.41. The molecule has 1 saturated carbocycles. The topological polar surface area (TPSA) is 54.1 Å². The molecule has 1 aliphatic carbocycles. The first-order chi connectivity index (χ1) is 10.3. The first kappa shape index (κ1) is 14.5. The van der Waals surface area contributed by atoms with Gasteiger partial charge in [-0.15, -0.1) is 11.8 Å². The van der Waals surface area contributed by atoms with Gasteiger partial charge in [-0.05, 0) is 31.9 Å². The van der Waals surface area contributed by atoms with Crippen LogP contribution >= 0.6 is 11.8 Å². The van der Waals surface area contributed by atoms with E-state index in [1.54, 1.807) is 11.8 Å². The molecule has 1 aliphatic rings. The van der Waals surface area contributed by atoms with Crippen LogP contribution in [0.25, 0.3) is 10.9 Å². The Morgan fingerprint density at radius 3 is 3.00 bits per heavy atom. The molecular weight excluding hydrogens is 284 g/mol. The lowest BCUT2D eigenvalue weighted by molar-refractivity contribution is -0.145. The number of rotatable bonds is 7. The molecule has 1 atom stereocenters. The summed E-state index contributed by atoms with van der Waals surface area (Å²) in [6.45, 7) is 2.27. The van der Waals surface area contributed by atoms with Crippen LogP contribution in [0, 0.1) is 0 Å². The Balaban J connectivity index is 1.63. The molecule has 4 nitrogen and oxygen atoms in total. The van der Waals surface area contributed by atoms with Crippen LogP contribution in [0.4, 0.5) is 0 Å². The van der Waals surface area contributed by atoms with Gasteiger partial charge in [-0.2, -0.15) is 0 Å². The number of benzene rings is 1. The normalized spacial score (nSPS) is 16.0. The third-order valence-corrected chi connectivity index (χ3v) is 4.53. The molecule has 0 radical (unpaired) electrons. The Bertz CT molecular complexity index is 589. The van der Waals surface area contributed by atoms with Crippen LogP contribution in [0.5, 0.6) is 0 Å². The number of aromatic amines is 1. The average Bonchev–Trinajstić information content (AvgIpc) is 3.20. The molecule has 5 heteroatoms. The Morgan fingerprint density at radius 2 is 2.29 bits per heavy atom. The zero-order chi connectivity index (χ0) is 14.7. The summed E-state index contributed by atoms with van der Waals surface area (Å²) in [7, 11) is 0. The van der Waals surface area contributed by atoms with Crippen LogP contribution in [-0.2, 0) is 9.53 Å². The zero-order valence-electron chi connectivity index (χ0n) is 12.1. The van der Waals surface area contributed by atoms with Crippen molar-refractivity contribution in [3.8, 4) is 0 Å². The van der Waals surface area contributed by atoms with E-state index < -0.39 is 0 Å². The Morgan fingerprint density at radius 1 is 1.48 bits per heavy atom. The van der Waals surface area contributed by atoms with Crippen molar-refractivity contribution in [3.63, 3.8) is 0 Å². The quantitative estimate of drug-likeness (QED) is 0.610. The summed E-state index contributed by atoms with van der Waals surface area (Å²) in [5.41, 5.74) is 1.13. The number of nitrogens with one attached hydrogen (secondary N) is 2. The fourth-order valence-electron chi connectivity index (χ4n) is 2.26. The Hall–Kier alpha value is -1.46. The van der Waals surface area contributed by atoms with Gasteiger partial charge in [0.05, 0.1) is 11.6 Å². The maximum Gasteiger partial charge on any atom is 0.324 e. The molecule has 1 unspecified atom stereocenters. The average molecular weight is 304 g/mol. The largest absolute Gasteiger partial charge is 0.465 e. The van der Waals surface area contributed by atoms with E-state index in [2.05, 4.69) is 28.5 Å². The highest BCUT2D eigenvalue weighted by Gasteiger charge is 2.29. The van der Waals surface area contributed by atoms with Crippen molar-refractivity contribution in [1.82, 2.24) is 10.3 Å². The van der Waals surface area contributed by atoms with E-state index in [0.717, 1.165) is 23.4 Å². The van der Waals surface area contributed by atoms with Crippen LogP contribution in [0.2, 0.25) is 0 Å². The summed E-state index contributed by atoms with van der Waals surface area (Å²) in [6, 6.07) is 10.6. The van der Waals surface area contributed by atoms with Crippen molar-refractivity contribution in [2.75, 3.05) is 12.4 Å². The minimum Gasteiger partial charge on any atom is -0.465 e. The minimum atomic E-state index is -0.228. The van der Waals surface area contributed by atoms with Gasteiger partial charge in [-0.25, -0.2) is 0 Å². The lowest BCUT2D eigenvalue weighted by atomic mass is 10.3. The zero-order valence-corrected chi connectivity index (χ0v) is 12.9. The molecule has 0 saturated heterocycles. The summed E-state index contributed by atoms with van der Waals surface area (Å²) >= 11 is 1.66. The lowest BCUT2D eigenvalue weighted by Gasteiger charge is -2.16. The van der Waals surface area contributed by atoms with E-state index in [9.17, 15) is 4.79 Å². The number of H-pyrrole nitrogens is 1. The standard InChI is InChI=1S/C16H20N2O2S/c1-2-20-16(19)14(17-12-7-8-12)10-21-15-9-11-5-3-4-6-13(11)18-15/h3-6,9,12,14,17-18H,2,7-8,10H2,1H3. The van der Waals surface area contributed by atoms with Crippen LogP contribution in [0.15, 0.2) is 35.4 Å². The first-order valence-corrected chi connectivity index (χ1v) is 8.38. The van der Waals surface area contributed by atoms with Crippen LogP contribution < -0.4 is 5.32 Å². The summed E-state index contributed by atoms with van der Waals surface area (Å²) in [5, 5.41) is 5.65. The molecule has 2 aromatic rings. The summed E-state index contributed by atoms with van der Waals surface area (Å²) in [6.07, 6.45) is 2.32. The monoisotopic (exact) mass is 304 g/mol. The van der Waals surface area contributed by atoms with Crippen LogP contribution in [-0.4, -0.2) is 35.4 Å². The smallest absolute Gasteiger partial charge is 0.324 e. The van der Waals surface area contributed by atoms with Crippen molar-refractivity contribution in [2.45, 2.75) is 36.9 Å². The highest BCUT2D eigenvalue weighted by molar-refractivity contribution is 7.99. The fourth-order valence-corrected chi connectivity index (χ4v) is 3.23. The maximum atomic E-state index is 12.0. The van der Waals surface area contributed by atoms with Gasteiger partial charge in [-0.1, -0.05) is 18.2 Å². The van der Waals surface area contributed by atoms with Crippen LogP contribution in [0.3, 0.4) is 0 Å². The highest BCUT2D eigenvalue weighted by Crippen LogP contribution is 2.25. The highest BCUT2D eigenvalue weighted by atomic mass is 32.2. The van der Waals surface area contributed by atoms with Gasteiger partial charge in [-0.3, -0.25) is 4.79 Å². The number of ether oxygens (including phenoxy) is 1. The number of carbonyl (C=O) groups is 1. The second-order valence-electron chi connectivity index (χ2n) is 5.28. The molecule has 2 N–H and O–H groups in total. The third-order valence-electron chi connectivity index (χ3n) is 3.50. The number of esters is 1. The number of hydrogen-bond acceptors (Lipinski definition) is 4. The minimum absolute atomic E-state index is 0.145. The predicted octanol–water partition coefficient (Wildman–Crippen LogP) is 2.94. The molecule has 0 spiro atoms. The number of carbonyl (C=O) groups excluding carboxylic acids is 1. The summed E-state index contributed by atoms with van der Waals surface area (Å²) in [5.74, 6) is 0.537. The number of fused-ring (bicyclic) bond motifs is 1. The van der Waals surface area contributed by atoms with Gasteiger partial charge >= 0.3 is 5.97 Å². The molecule has 21 heavy (non-hydrogen) atoms. The van der Waals surface area contributed by atoms with Gasteiger partial charge in [0, 0.05) is 22.7 Å². The Kier molecular flexibility index (Phi) is 4.51. The van der Waals surface area contributed by atoms with Crippen molar-refractivity contribution in [2.24, 2.45) is 0 Å². The van der Waals surface area contributed by atoms with Gasteiger partial charge in [0.2, 0.25) is 0 Å². The second kappa shape index (κ2) is 6.54. The van der Waals surface area contributed by atoms with E-state index in [-0.39, 0.29) is 12.0 Å². The van der Waals surface area contributed by atoms with E-state index in [1.807, 2.05) is 19.1 Å². The molecule has 1 heterocycles. The molecule has 1 aromatic carbocycles.